The second-order valence-corrected chi connectivity index (χ2v) is 8.77. The topological polar surface area (TPSA) is 169 Å². The van der Waals surface area contributed by atoms with E-state index in [2.05, 4.69) is 20.0 Å². The molecular formula is C26H44N6O9. The summed E-state index contributed by atoms with van der Waals surface area (Å²) in [5, 5.41) is 3.37. The summed E-state index contributed by atoms with van der Waals surface area (Å²) in [6.45, 7) is 12.5. The van der Waals surface area contributed by atoms with Gasteiger partial charge in [0.15, 0.2) is 5.69 Å². The van der Waals surface area contributed by atoms with Crippen LogP contribution in [0.15, 0.2) is 5.11 Å². The van der Waals surface area contributed by atoms with E-state index in [0.717, 1.165) is 17.1 Å². The number of amides is 1. The Hall–Kier alpha value is -2.46. The minimum absolute atomic E-state index is 0.0898. The monoisotopic (exact) mass is 584 g/mol. The summed E-state index contributed by atoms with van der Waals surface area (Å²) < 4.78 is 43.4. The first-order chi connectivity index (χ1) is 20.1. The van der Waals surface area contributed by atoms with Crippen molar-refractivity contribution in [3.63, 3.8) is 0 Å². The van der Waals surface area contributed by atoms with Crippen LogP contribution in [-0.4, -0.2) is 140 Å². The van der Waals surface area contributed by atoms with Crippen molar-refractivity contribution in [1.82, 2.24) is 14.9 Å². The Balaban J connectivity index is 1.23. The number of aryl methyl sites for hydroxylation is 2. The highest BCUT2D eigenvalue weighted by Gasteiger charge is 2.30. The number of carbonyl (C=O) groups excluding carboxylic acids is 1. The lowest BCUT2D eigenvalue weighted by Gasteiger charge is -2.14. The van der Waals surface area contributed by atoms with Crippen molar-refractivity contribution < 1.29 is 42.7 Å². The van der Waals surface area contributed by atoms with E-state index >= 15 is 0 Å². The molecule has 1 aromatic heterocycles. The Morgan fingerprint density at radius 3 is 1.49 bits per heavy atom. The summed E-state index contributed by atoms with van der Waals surface area (Å²) in [5.41, 5.74) is 11.0. The maximum absolute atomic E-state index is 12.4. The lowest BCUT2D eigenvalue weighted by atomic mass is 10.3. The van der Waals surface area contributed by atoms with E-state index in [1.54, 1.807) is 4.90 Å². The molecule has 1 aromatic rings. The molecule has 0 aromatic carbocycles. The molecule has 0 unspecified atom stereocenters. The molecule has 0 spiro atoms. The molecule has 0 N–H and O–H groups in total. The number of fused-ring (bicyclic) bond motifs is 1. The number of azide groups is 1. The molecule has 15 heteroatoms. The number of nitrogens with zero attached hydrogens (tertiary/aromatic N) is 6. The average Bonchev–Trinajstić information content (AvgIpc) is 3.26. The Kier molecular flexibility index (Phi) is 19.6. The average molecular weight is 585 g/mol. The molecule has 0 atom stereocenters. The van der Waals surface area contributed by atoms with Crippen molar-refractivity contribution in [2.75, 3.05) is 119 Å². The van der Waals surface area contributed by atoms with Crippen LogP contribution in [0.3, 0.4) is 0 Å². The van der Waals surface area contributed by atoms with Crippen LogP contribution in [0.25, 0.3) is 10.4 Å². The molecule has 2 rings (SSSR count). The molecule has 232 valence electrons. The highest BCUT2D eigenvalue weighted by molar-refractivity contribution is 5.95. The summed E-state index contributed by atoms with van der Waals surface area (Å²) in [4.78, 5) is 25.6. The van der Waals surface area contributed by atoms with E-state index < -0.39 is 0 Å². The standard InChI is InChI=1S/C26H44N6O9/c1-22-23(2)30-25-24(29-22)21-32(26(25)33)4-6-35-8-10-37-12-14-39-16-18-41-20-19-40-17-15-38-13-11-36-9-7-34-5-3-28-31-27/h3-21H2,1-2H3. The summed E-state index contributed by atoms with van der Waals surface area (Å²) >= 11 is 0. The maximum Gasteiger partial charge on any atom is 0.274 e. The third-order valence-electron chi connectivity index (χ3n) is 5.72. The van der Waals surface area contributed by atoms with Crippen LogP contribution in [0, 0.1) is 13.8 Å². The zero-order chi connectivity index (χ0) is 29.4. The molecule has 0 saturated carbocycles. The zero-order valence-corrected chi connectivity index (χ0v) is 24.3. The minimum atomic E-state index is -0.0898. The Bertz CT molecular complexity index is 904. The van der Waals surface area contributed by atoms with Gasteiger partial charge >= 0.3 is 0 Å². The SMILES string of the molecule is Cc1nc2c(nc1C)C(=O)N(CCOCCOCCOCCOCCOCCOCCOCCOCCN=[N+]=[N-])C2. The number of hydrogen-bond acceptors (Lipinski definition) is 12. The predicted octanol–water partition coefficient (Wildman–Crippen LogP) is 1.49. The van der Waals surface area contributed by atoms with Gasteiger partial charge in [-0.15, -0.1) is 0 Å². The van der Waals surface area contributed by atoms with Crippen molar-refractivity contribution in [3.8, 4) is 0 Å². The van der Waals surface area contributed by atoms with Crippen molar-refractivity contribution in [1.29, 1.82) is 0 Å². The van der Waals surface area contributed by atoms with Gasteiger partial charge in [0.1, 0.15) is 0 Å². The van der Waals surface area contributed by atoms with Crippen LogP contribution in [0.1, 0.15) is 27.6 Å². The highest BCUT2D eigenvalue weighted by atomic mass is 16.6. The fourth-order valence-electron chi connectivity index (χ4n) is 3.48. The largest absolute Gasteiger partial charge is 0.379 e. The quantitative estimate of drug-likeness (QED) is 0.0635. The van der Waals surface area contributed by atoms with Gasteiger partial charge in [-0.3, -0.25) is 9.78 Å². The molecule has 1 aliphatic rings. The van der Waals surface area contributed by atoms with Gasteiger partial charge in [-0.1, -0.05) is 5.11 Å². The van der Waals surface area contributed by atoms with Crippen LogP contribution in [-0.2, 0) is 44.4 Å². The van der Waals surface area contributed by atoms with Gasteiger partial charge in [-0.2, -0.15) is 0 Å². The molecule has 1 aliphatic heterocycles. The second kappa shape index (κ2) is 23.1. The van der Waals surface area contributed by atoms with E-state index in [9.17, 15) is 4.79 Å². The van der Waals surface area contributed by atoms with Crippen LogP contribution < -0.4 is 0 Å². The number of hydrogen-bond donors (Lipinski definition) is 0. The maximum atomic E-state index is 12.4. The molecule has 0 radical (unpaired) electrons. The van der Waals surface area contributed by atoms with Gasteiger partial charge < -0.3 is 42.8 Å². The molecule has 1 amide bonds. The molecular weight excluding hydrogens is 540 g/mol. The van der Waals surface area contributed by atoms with E-state index in [-0.39, 0.29) is 5.91 Å². The number of rotatable bonds is 27. The summed E-state index contributed by atoms with van der Waals surface area (Å²) in [7, 11) is 0. The van der Waals surface area contributed by atoms with Crippen LogP contribution in [0.2, 0.25) is 0 Å². The zero-order valence-electron chi connectivity index (χ0n) is 24.3. The van der Waals surface area contributed by atoms with Crippen LogP contribution in [0.5, 0.6) is 0 Å². The Morgan fingerprint density at radius 2 is 1.05 bits per heavy atom. The third-order valence-corrected chi connectivity index (χ3v) is 5.72. The number of carbonyl (C=O) groups is 1. The van der Waals surface area contributed by atoms with Crippen molar-refractivity contribution in [2.45, 2.75) is 20.4 Å². The Labute approximate surface area is 241 Å². The fraction of sp³-hybridized carbons (Fsp3) is 0.808. The lowest BCUT2D eigenvalue weighted by Crippen LogP contribution is -2.28. The molecule has 0 fully saturated rings. The van der Waals surface area contributed by atoms with E-state index in [1.807, 2.05) is 13.8 Å². The molecule has 15 nitrogen and oxygen atoms in total. The van der Waals surface area contributed by atoms with Gasteiger partial charge in [0.05, 0.1) is 129 Å². The van der Waals surface area contributed by atoms with Gasteiger partial charge in [-0.05, 0) is 19.4 Å². The molecule has 0 bridgehead atoms. The van der Waals surface area contributed by atoms with Crippen LogP contribution >= 0.6 is 0 Å². The van der Waals surface area contributed by atoms with Crippen molar-refractivity contribution in [3.05, 3.63) is 33.2 Å². The highest BCUT2D eigenvalue weighted by Crippen LogP contribution is 2.20. The van der Waals surface area contributed by atoms with Gasteiger partial charge in [0, 0.05) is 18.0 Å². The fourth-order valence-corrected chi connectivity index (χ4v) is 3.48. The van der Waals surface area contributed by atoms with Crippen molar-refractivity contribution in [2.24, 2.45) is 5.11 Å². The second-order valence-electron chi connectivity index (χ2n) is 8.77. The van der Waals surface area contributed by atoms with E-state index in [1.165, 1.54) is 0 Å². The minimum Gasteiger partial charge on any atom is -0.379 e. The molecule has 41 heavy (non-hydrogen) atoms. The molecule has 2 heterocycles. The predicted molar refractivity (Wildman–Crippen MR) is 147 cm³/mol. The van der Waals surface area contributed by atoms with Gasteiger partial charge in [0.25, 0.3) is 5.91 Å². The number of ether oxygens (including phenoxy) is 8. The lowest BCUT2D eigenvalue weighted by molar-refractivity contribution is -0.0232. The summed E-state index contributed by atoms with van der Waals surface area (Å²) in [6.07, 6.45) is 0. The summed E-state index contributed by atoms with van der Waals surface area (Å²) in [5.74, 6) is -0.0898. The van der Waals surface area contributed by atoms with E-state index in [0.29, 0.717) is 131 Å². The molecule has 0 saturated heterocycles. The van der Waals surface area contributed by atoms with Crippen LogP contribution in [0.4, 0.5) is 0 Å². The van der Waals surface area contributed by atoms with Gasteiger partial charge in [0.2, 0.25) is 0 Å². The Morgan fingerprint density at radius 1 is 0.659 bits per heavy atom. The van der Waals surface area contributed by atoms with E-state index in [4.69, 9.17) is 43.4 Å². The first kappa shape index (κ1) is 34.7. The smallest absolute Gasteiger partial charge is 0.274 e. The number of aromatic nitrogens is 2. The van der Waals surface area contributed by atoms with Gasteiger partial charge in [-0.25, -0.2) is 4.98 Å². The third kappa shape index (κ3) is 15.9. The molecule has 0 aliphatic carbocycles. The first-order valence-electron chi connectivity index (χ1n) is 13.9. The van der Waals surface area contributed by atoms with Crippen molar-refractivity contribution >= 4 is 5.91 Å². The normalized spacial score (nSPS) is 12.6. The summed E-state index contributed by atoms with van der Waals surface area (Å²) in [6, 6.07) is 0. The first-order valence-corrected chi connectivity index (χ1v) is 13.9.